The highest BCUT2D eigenvalue weighted by Gasteiger charge is 2.32. The molecule has 0 unspecified atom stereocenters. The molecule has 3 rings (SSSR count). The highest BCUT2D eigenvalue weighted by Crippen LogP contribution is 2.45. The van der Waals surface area contributed by atoms with Crippen molar-refractivity contribution in [1.82, 2.24) is 0 Å². The fraction of sp³-hybridized carbons (Fsp3) is 0.500. The number of phenols is 2. The van der Waals surface area contributed by atoms with Crippen molar-refractivity contribution in [3.63, 3.8) is 0 Å². The molecule has 19 heavy (non-hydrogen) atoms. The molecular weight excluding hydrogens is 244 g/mol. The van der Waals surface area contributed by atoms with Gasteiger partial charge in [-0.3, -0.25) is 4.79 Å². The summed E-state index contributed by atoms with van der Waals surface area (Å²) in [4.78, 5) is 13.7. The minimum absolute atomic E-state index is 0.00154. The van der Waals surface area contributed by atoms with Crippen LogP contribution in [-0.2, 0) is 4.79 Å². The van der Waals surface area contributed by atoms with Crippen LogP contribution in [0.15, 0.2) is 12.1 Å². The van der Waals surface area contributed by atoms with E-state index in [1.807, 2.05) is 4.90 Å². The van der Waals surface area contributed by atoms with Crippen molar-refractivity contribution in [2.75, 3.05) is 16.8 Å². The fourth-order valence-electron chi connectivity index (χ4n) is 3.10. The predicted octanol–water partition coefficient (Wildman–Crippen LogP) is 2.19. The molecule has 0 radical (unpaired) electrons. The summed E-state index contributed by atoms with van der Waals surface area (Å²) < 4.78 is 0. The van der Waals surface area contributed by atoms with Crippen molar-refractivity contribution in [2.24, 2.45) is 0 Å². The molecule has 1 saturated carbocycles. The van der Waals surface area contributed by atoms with Gasteiger partial charge in [-0.05, 0) is 25.0 Å². The molecule has 102 valence electrons. The van der Waals surface area contributed by atoms with Crippen LogP contribution in [0.3, 0.4) is 0 Å². The predicted molar refractivity (Wildman–Crippen MR) is 72.6 cm³/mol. The molecular formula is C14H18N2O3. The Balaban J connectivity index is 2.03. The van der Waals surface area contributed by atoms with E-state index in [0.717, 1.165) is 25.7 Å². The van der Waals surface area contributed by atoms with E-state index in [1.54, 1.807) is 0 Å². The molecule has 2 aliphatic rings. The summed E-state index contributed by atoms with van der Waals surface area (Å²) in [6.07, 6.45) is 5.59. The molecule has 1 aliphatic carbocycles. The van der Waals surface area contributed by atoms with Crippen LogP contribution in [0.2, 0.25) is 0 Å². The summed E-state index contributed by atoms with van der Waals surface area (Å²) in [6, 6.07) is 3.14. The zero-order valence-corrected chi connectivity index (χ0v) is 10.7. The van der Waals surface area contributed by atoms with E-state index < -0.39 is 0 Å². The molecule has 0 aromatic heterocycles. The summed E-state index contributed by atoms with van der Waals surface area (Å²) in [7, 11) is 0. The summed E-state index contributed by atoms with van der Waals surface area (Å²) in [5.41, 5.74) is 0.897. The van der Waals surface area contributed by atoms with E-state index in [-0.39, 0.29) is 30.0 Å². The zero-order valence-electron chi connectivity index (χ0n) is 10.7. The first-order chi connectivity index (χ1) is 9.16. The lowest BCUT2D eigenvalue weighted by molar-refractivity contribution is -0.115. The largest absolute Gasteiger partial charge is 0.506 e. The van der Waals surface area contributed by atoms with Crippen molar-refractivity contribution in [3.8, 4) is 11.5 Å². The van der Waals surface area contributed by atoms with Gasteiger partial charge in [-0.2, -0.15) is 0 Å². The Hall–Kier alpha value is -1.91. The summed E-state index contributed by atoms with van der Waals surface area (Å²) in [5, 5.41) is 22.6. The average molecular weight is 262 g/mol. The SMILES string of the molecule is O=C1CN(C2CCCCC2)c2c(O)ccc(O)c2N1. The van der Waals surface area contributed by atoms with Gasteiger partial charge in [0.1, 0.15) is 22.9 Å². The highest BCUT2D eigenvalue weighted by molar-refractivity contribution is 6.04. The third-order valence-electron chi connectivity index (χ3n) is 4.02. The Morgan fingerprint density at radius 1 is 1.11 bits per heavy atom. The van der Waals surface area contributed by atoms with E-state index in [2.05, 4.69) is 5.32 Å². The lowest BCUT2D eigenvalue weighted by Crippen LogP contribution is -2.45. The third-order valence-corrected chi connectivity index (χ3v) is 4.02. The number of nitrogens with zero attached hydrogens (tertiary/aromatic N) is 1. The molecule has 0 saturated heterocycles. The molecule has 3 N–H and O–H groups in total. The van der Waals surface area contributed by atoms with Gasteiger partial charge in [0.15, 0.2) is 0 Å². The Morgan fingerprint density at radius 2 is 1.79 bits per heavy atom. The second-order valence-corrected chi connectivity index (χ2v) is 5.30. The van der Waals surface area contributed by atoms with Gasteiger partial charge in [0.25, 0.3) is 0 Å². The van der Waals surface area contributed by atoms with Crippen molar-refractivity contribution in [2.45, 2.75) is 38.1 Å². The molecule has 5 nitrogen and oxygen atoms in total. The first kappa shape index (κ1) is 12.1. The van der Waals surface area contributed by atoms with Crippen LogP contribution >= 0.6 is 0 Å². The number of carbonyl (C=O) groups is 1. The minimum Gasteiger partial charge on any atom is -0.506 e. The first-order valence-corrected chi connectivity index (χ1v) is 6.78. The number of amides is 1. The highest BCUT2D eigenvalue weighted by atomic mass is 16.3. The lowest BCUT2D eigenvalue weighted by atomic mass is 9.93. The van der Waals surface area contributed by atoms with Gasteiger partial charge in [0.2, 0.25) is 5.91 Å². The quantitative estimate of drug-likeness (QED) is 0.536. The van der Waals surface area contributed by atoms with Gasteiger partial charge < -0.3 is 20.4 Å². The normalized spacial score (nSPS) is 20.0. The van der Waals surface area contributed by atoms with E-state index >= 15 is 0 Å². The number of hydrogen-bond acceptors (Lipinski definition) is 4. The van der Waals surface area contributed by atoms with E-state index in [1.165, 1.54) is 18.6 Å². The number of benzene rings is 1. The van der Waals surface area contributed by atoms with Crippen LogP contribution in [0.1, 0.15) is 32.1 Å². The Kier molecular flexibility index (Phi) is 2.97. The zero-order chi connectivity index (χ0) is 13.4. The standard InChI is InChI=1S/C14H18N2O3/c17-10-6-7-11(18)14-13(10)15-12(19)8-16(14)9-4-2-1-3-5-9/h6-7,9,17-18H,1-5,8H2,(H,15,19). The van der Waals surface area contributed by atoms with Crippen molar-refractivity contribution >= 4 is 17.3 Å². The van der Waals surface area contributed by atoms with E-state index in [0.29, 0.717) is 11.4 Å². The van der Waals surface area contributed by atoms with Crippen molar-refractivity contribution in [3.05, 3.63) is 12.1 Å². The minimum atomic E-state index is -0.140. The lowest BCUT2D eigenvalue weighted by Gasteiger charge is -2.39. The van der Waals surface area contributed by atoms with E-state index in [9.17, 15) is 15.0 Å². The third kappa shape index (κ3) is 2.09. The first-order valence-electron chi connectivity index (χ1n) is 6.78. The van der Waals surface area contributed by atoms with Gasteiger partial charge in [0, 0.05) is 6.04 Å². The van der Waals surface area contributed by atoms with Gasteiger partial charge in [-0.15, -0.1) is 0 Å². The molecule has 1 fully saturated rings. The molecule has 0 spiro atoms. The molecule has 1 aliphatic heterocycles. The van der Waals surface area contributed by atoms with Gasteiger partial charge in [0.05, 0.1) is 6.54 Å². The van der Waals surface area contributed by atoms with Crippen LogP contribution in [0, 0.1) is 0 Å². The fourth-order valence-corrected chi connectivity index (χ4v) is 3.10. The van der Waals surface area contributed by atoms with Crippen LogP contribution in [0.4, 0.5) is 11.4 Å². The molecule has 1 aromatic rings. The molecule has 1 aromatic carbocycles. The Morgan fingerprint density at radius 3 is 2.53 bits per heavy atom. The Bertz CT molecular complexity index is 510. The number of phenolic OH excluding ortho intramolecular Hbond substituents is 2. The maximum atomic E-state index is 11.8. The molecule has 1 amide bonds. The molecule has 5 heteroatoms. The topological polar surface area (TPSA) is 72.8 Å². The second-order valence-electron chi connectivity index (χ2n) is 5.30. The number of rotatable bonds is 1. The number of fused-ring (bicyclic) bond motifs is 1. The summed E-state index contributed by atoms with van der Waals surface area (Å²) in [6.45, 7) is 0.245. The van der Waals surface area contributed by atoms with Gasteiger partial charge >= 0.3 is 0 Å². The average Bonchev–Trinajstić information content (AvgIpc) is 2.43. The van der Waals surface area contributed by atoms with Crippen LogP contribution in [0.5, 0.6) is 11.5 Å². The maximum absolute atomic E-state index is 11.8. The monoisotopic (exact) mass is 262 g/mol. The smallest absolute Gasteiger partial charge is 0.244 e. The van der Waals surface area contributed by atoms with Crippen LogP contribution < -0.4 is 10.2 Å². The second kappa shape index (κ2) is 4.64. The number of aromatic hydroxyl groups is 2. The number of carbonyl (C=O) groups excluding carboxylic acids is 1. The molecule has 0 bridgehead atoms. The Labute approximate surface area is 111 Å². The molecule has 1 heterocycles. The molecule has 0 atom stereocenters. The number of anilines is 2. The van der Waals surface area contributed by atoms with Crippen LogP contribution in [0.25, 0.3) is 0 Å². The van der Waals surface area contributed by atoms with E-state index in [4.69, 9.17) is 0 Å². The summed E-state index contributed by atoms with van der Waals surface area (Å²) >= 11 is 0. The maximum Gasteiger partial charge on any atom is 0.244 e. The van der Waals surface area contributed by atoms with Crippen LogP contribution in [-0.4, -0.2) is 28.7 Å². The number of nitrogens with one attached hydrogen (secondary N) is 1. The number of hydrogen-bond donors (Lipinski definition) is 3. The van der Waals surface area contributed by atoms with Gasteiger partial charge in [-0.1, -0.05) is 19.3 Å². The van der Waals surface area contributed by atoms with Crippen molar-refractivity contribution < 1.29 is 15.0 Å². The van der Waals surface area contributed by atoms with Crippen molar-refractivity contribution in [1.29, 1.82) is 0 Å². The summed E-state index contributed by atoms with van der Waals surface area (Å²) in [5.74, 6) is -0.0287. The van der Waals surface area contributed by atoms with Gasteiger partial charge in [-0.25, -0.2) is 0 Å².